The number of hydrogen-bond donors (Lipinski definition) is 3. The van der Waals surface area contributed by atoms with Gasteiger partial charge in [-0.2, -0.15) is 0 Å². The standard InChI is InChI=1S/C6H12NO3/c1-3-5(8)6(9)4(7)2-10-3/h2-6,8-9H,7H2,1H3/t3-,4+,5-,6-/m1/s1. The second kappa shape index (κ2) is 2.84. The Labute approximate surface area is 59.6 Å². The molecule has 1 heterocycles. The first-order valence-corrected chi connectivity index (χ1v) is 3.23. The molecule has 0 saturated carbocycles. The lowest BCUT2D eigenvalue weighted by Crippen LogP contribution is -2.53. The first-order valence-electron chi connectivity index (χ1n) is 3.23. The van der Waals surface area contributed by atoms with Crippen LogP contribution in [0.5, 0.6) is 0 Å². The average molecular weight is 146 g/mol. The van der Waals surface area contributed by atoms with Crippen LogP contribution < -0.4 is 5.73 Å². The molecule has 0 amide bonds. The summed E-state index contributed by atoms with van der Waals surface area (Å²) in [4.78, 5) is 0. The summed E-state index contributed by atoms with van der Waals surface area (Å²) in [6, 6.07) is -0.578. The van der Waals surface area contributed by atoms with Gasteiger partial charge in [-0.25, -0.2) is 0 Å². The zero-order valence-electron chi connectivity index (χ0n) is 5.77. The molecule has 1 saturated heterocycles. The van der Waals surface area contributed by atoms with Crippen molar-refractivity contribution in [2.24, 2.45) is 5.73 Å². The van der Waals surface area contributed by atoms with E-state index in [2.05, 4.69) is 0 Å². The Morgan fingerprint density at radius 3 is 2.50 bits per heavy atom. The molecule has 4 nitrogen and oxygen atoms in total. The van der Waals surface area contributed by atoms with E-state index in [0.29, 0.717) is 0 Å². The molecule has 0 aromatic rings. The maximum Gasteiger partial charge on any atom is 0.107 e. The van der Waals surface area contributed by atoms with Gasteiger partial charge in [-0.05, 0) is 6.92 Å². The predicted octanol–water partition coefficient (Wildman–Crippen LogP) is -1.38. The molecule has 4 atom stereocenters. The molecule has 10 heavy (non-hydrogen) atoms. The van der Waals surface area contributed by atoms with E-state index in [1.54, 1.807) is 6.92 Å². The number of aliphatic hydroxyl groups is 2. The molecule has 4 heteroatoms. The van der Waals surface area contributed by atoms with Crippen LogP contribution in [0.3, 0.4) is 0 Å². The first kappa shape index (κ1) is 7.94. The minimum atomic E-state index is -0.899. The van der Waals surface area contributed by atoms with E-state index in [0.717, 1.165) is 0 Å². The summed E-state index contributed by atoms with van der Waals surface area (Å²) < 4.78 is 4.91. The molecule has 1 aliphatic rings. The Morgan fingerprint density at radius 1 is 1.40 bits per heavy atom. The Kier molecular flexibility index (Phi) is 2.25. The van der Waals surface area contributed by atoms with Crippen LogP contribution >= 0.6 is 0 Å². The molecule has 1 rings (SSSR count). The maximum absolute atomic E-state index is 9.14. The topological polar surface area (TPSA) is 75.7 Å². The van der Waals surface area contributed by atoms with Crippen LogP contribution in [0.4, 0.5) is 0 Å². The lowest BCUT2D eigenvalue weighted by atomic mass is 10.0. The Hall–Kier alpha value is -0.160. The zero-order chi connectivity index (χ0) is 7.72. The van der Waals surface area contributed by atoms with Gasteiger partial charge in [0.25, 0.3) is 0 Å². The monoisotopic (exact) mass is 146 g/mol. The highest BCUT2D eigenvalue weighted by molar-refractivity contribution is 4.92. The van der Waals surface area contributed by atoms with Gasteiger partial charge in [0.05, 0.1) is 12.1 Å². The van der Waals surface area contributed by atoms with Crippen molar-refractivity contribution in [1.82, 2.24) is 0 Å². The maximum atomic E-state index is 9.14. The molecule has 0 spiro atoms. The highest BCUT2D eigenvalue weighted by Gasteiger charge is 2.34. The van der Waals surface area contributed by atoms with Crippen molar-refractivity contribution in [2.75, 3.05) is 0 Å². The van der Waals surface area contributed by atoms with Crippen LogP contribution in [-0.2, 0) is 4.74 Å². The van der Waals surface area contributed by atoms with Crippen LogP contribution in [0, 0.1) is 6.61 Å². The summed E-state index contributed by atoms with van der Waals surface area (Å²) in [6.45, 7) is 3.03. The molecule has 0 unspecified atom stereocenters. The second-order valence-electron chi connectivity index (χ2n) is 2.54. The molecule has 1 fully saturated rings. The van der Waals surface area contributed by atoms with Gasteiger partial charge >= 0.3 is 0 Å². The molecule has 0 bridgehead atoms. The molecular weight excluding hydrogens is 134 g/mol. The molecule has 59 valence electrons. The van der Waals surface area contributed by atoms with E-state index in [4.69, 9.17) is 20.7 Å². The van der Waals surface area contributed by atoms with Crippen molar-refractivity contribution in [3.05, 3.63) is 6.61 Å². The number of ether oxygens (including phenoxy) is 1. The molecule has 1 aliphatic heterocycles. The van der Waals surface area contributed by atoms with Gasteiger partial charge in [-0.3, -0.25) is 0 Å². The van der Waals surface area contributed by atoms with Gasteiger partial charge in [0.15, 0.2) is 0 Å². The first-order chi connectivity index (χ1) is 4.63. The van der Waals surface area contributed by atoms with Gasteiger partial charge in [0.2, 0.25) is 0 Å². The number of hydrogen-bond acceptors (Lipinski definition) is 4. The van der Waals surface area contributed by atoms with Crippen molar-refractivity contribution in [3.63, 3.8) is 0 Å². The van der Waals surface area contributed by atoms with Crippen molar-refractivity contribution in [2.45, 2.75) is 31.3 Å². The highest BCUT2D eigenvalue weighted by atomic mass is 16.5. The molecule has 4 N–H and O–H groups in total. The van der Waals surface area contributed by atoms with Crippen molar-refractivity contribution in [3.8, 4) is 0 Å². The minimum Gasteiger partial charge on any atom is -0.389 e. The second-order valence-corrected chi connectivity index (χ2v) is 2.54. The Balaban J connectivity index is 2.52. The fourth-order valence-corrected chi connectivity index (χ4v) is 0.881. The van der Waals surface area contributed by atoms with E-state index in [1.807, 2.05) is 0 Å². The van der Waals surface area contributed by atoms with Crippen molar-refractivity contribution < 1.29 is 14.9 Å². The molecule has 0 aromatic carbocycles. The smallest absolute Gasteiger partial charge is 0.107 e. The average Bonchev–Trinajstić information content (AvgIpc) is 1.93. The fraction of sp³-hybridized carbons (Fsp3) is 0.833. The van der Waals surface area contributed by atoms with Crippen LogP contribution in [0.1, 0.15) is 6.92 Å². The Bertz CT molecular complexity index is 106. The van der Waals surface area contributed by atoms with E-state index in [-0.39, 0.29) is 6.10 Å². The third-order valence-electron chi connectivity index (χ3n) is 1.68. The summed E-state index contributed by atoms with van der Waals surface area (Å²) in [5.74, 6) is 0. The molecule has 1 radical (unpaired) electrons. The molecular formula is C6H12NO3. The van der Waals surface area contributed by atoms with Gasteiger partial charge in [-0.15, -0.1) is 0 Å². The van der Waals surface area contributed by atoms with E-state index >= 15 is 0 Å². The van der Waals surface area contributed by atoms with Crippen molar-refractivity contribution in [1.29, 1.82) is 0 Å². The normalized spacial score (nSPS) is 49.2. The highest BCUT2D eigenvalue weighted by Crippen LogP contribution is 2.15. The number of aliphatic hydroxyl groups excluding tert-OH is 2. The quantitative estimate of drug-likeness (QED) is 0.393. The molecule has 0 aliphatic carbocycles. The van der Waals surface area contributed by atoms with Gasteiger partial charge in [0, 0.05) is 0 Å². The Morgan fingerprint density at radius 2 is 2.00 bits per heavy atom. The third kappa shape index (κ3) is 1.29. The summed E-state index contributed by atoms with van der Waals surface area (Å²) in [5, 5.41) is 18.3. The van der Waals surface area contributed by atoms with Crippen LogP contribution in [-0.4, -0.2) is 34.6 Å². The SMILES string of the molecule is C[C@H]1O[CH][C@H](N)[C@@H](O)[C@@H]1O. The summed E-state index contributed by atoms with van der Waals surface area (Å²) >= 11 is 0. The lowest BCUT2D eigenvalue weighted by Gasteiger charge is -2.33. The number of nitrogens with two attached hydrogens (primary N) is 1. The number of rotatable bonds is 0. The summed E-state index contributed by atoms with van der Waals surface area (Å²) in [5.41, 5.74) is 5.34. The van der Waals surface area contributed by atoms with Gasteiger partial charge in [-0.1, -0.05) is 0 Å². The largest absolute Gasteiger partial charge is 0.389 e. The fourth-order valence-electron chi connectivity index (χ4n) is 0.881. The lowest BCUT2D eigenvalue weighted by molar-refractivity contribution is -0.112. The van der Waals surface area contributed by atoms with Gasteiger partial charge in [0.1, 0.15) is 18.8 Å². The van der Waals surface area contributed by atoms with Crippen molar-refractivity contribution >= 4 is 0 Å². The summed E-state index contributed by atoms with van der Waals surface area (Å²) in [7, 11) is 0. The molecule has 0 aromatic heterocycles. The van der Waals surface area contributed by atoms with E-state index < -0.39 is 18.2 Å². The third-order valence-corrected chi connectivity index (χ3v) is 1.68. The zero-order valence-corrected chi connectivity index (χ0v) is 5.77. The summed E-state index contributed by atoms with van der Waals surface area (Å²) in [6.07, 6.45) is -2.14. The van der Waals surface area contributed by atoms with Gasteiger partial charge < -0.3 is 20.7 Å². The van der Waals surface area contributed by atoms with Crippen LogP contribution in [0.2, 0.25) is 0 Å². The minimum absolute atomic E-state index is 0.366. The van der Waals surface area contributed by atoms with Crippen LogP contribution in [0.15, 0.2) is 0 Å². The van der Waals surface area contributed by atoms with E-state index in [9.17, 15) is 0 Å². The predicted molar refractivity (Wildman–Crippen MR) is 34.8 cm³/mol. The van der Waals surface area contributed by atoms with E-state index in [1.165, 1.54) is 6.61 Å². The van der Waals surface area contributed by atoms with Crippen LogP contribution in [0.25, 0.3) is 0 Å².